The lowest BCUT2D eigenvalue weighted by Gasteiger charge is -2.20. The van der Waals surface area contributed by atoms with Crippen LogP contribution in [0, 0.1) is 0 Å². The molecular weight excluding hydrogens is 202 g/mol. The van der Waals surface area contributed by atoms with Crippen LogP contribution in [-0.4, -0.2) is 54.3 Å². The molecule has 1 saturated heterocycles. The maximum Gasteiger partial charge on any atom is 0.164 e. The van der Waals surface area contributed by atoms with Crippen LogP contribution in [0.25, 0.3) is 0 Å². The molecule has 1 fully saturated rings. The van der Waals surface area contributed by atoms with Crippen molar-refractivity contribution in [3.8, 4) is 0 Å². The van der Waals surface area contributed by atoms with E-state index in [1.165, 1.54) is 13.3 Å². The number of hydrogen-bond donors (Lipinski definition) is 2. The summed E-state index contributed by atoms with van der Waals surface area (Å²) in [6.45, 7) is 3.59. The van der Waals surface area contributed by atoms with Crippen LogP contribution in [0.4, 0.5) is 0 Å². The van der Waals surface area contributed by atoms with Crippen molar-refractivity contribution in [2.75, 3.05) is 13.7 Å². The van der Waals surface area contributed by atoms with Gasteiger partial charge in [-0.25, -0.2) is 0 Å². The Hall–Kier alpha value is -0.690. The maximum atomic E-state index is 9.70. The molecule has 0 aliphatic carbocycles. The molecule has 6 nitrogen and oxygen atoms in total. The molecule has 0 aromatic carbocycles. The Kier molecular flexibility index (Phi) is 4.04. The summed E-state index contributed by atoms with van der Waals surface area (Å²) in [5.74, 6) is -0.800. The third kappa shape index (κ3) is 3.13. The zero-order valence-electron chi connectivity index (χ0n) is 9.08. The average Bonchev–Trinajstić information content (AvgIpc) is 2.42. The summed E-state index contributed by atoms with van der Waals surface area (Å²) in [5.41, 5.74) is 0. The predicted molar refractivity (Wildman–Crippen MR) is 52.0 cm³/mol. The molecule has 2 N–H and O–H groups in total. The van der Waals surface area contributed by atoms with Crippen LogP contribution < -0.4 is 0 Å². The van der Waals surface area contributed by atoms with E-state index in [4.69, 9.17) is 19.4 Å². The normalized spacial score (nSPS) is 32.3. The number of nitrogens with zero attached hydrogens (tertiary/aromatic N) is 1. The van der Waals surface area contributed by atoms with Crippen molar-refractivity contribution >= 4 is 6.21 Å². The Morgan fingerprint density at radius 1 is 1.53 bits per heavy atom. The van der Waals surface area contributed by atoms with Crippen molar-refractivity contribution in [3.63, 3.8) is 0 Å². The average molecular weight is 219 g/mol. The molecule has 0 spiro atoms. The highest BCUT2D eigenvalue weighted by molar-refractivity contribution is 5.63. The molecule has 1 aliphatic heterocycles. The number of aliphatic hydroxyl groups excluding tert-OH is 1. The molecule has 0 radical (unpaired) electrons. The number of ether oxygens (including phenoxy) is 3. The van der Waals surface area contributed by atoms with Crippen LogP contribution in [0.1, 0.15) is 13.8 Å². The van der Waals surface area contributed by atoms with Crippen molar-refractivity contribution in [1.29, 1.82) is 0 Å². The van der Waals surface area contributed by atoms with Gasteiger partial charge in [-0.3, -0.25) is 0 Å². The fraction of sp³-hybridized carbons (Fsp3) is 0.889. The largest absolute Gasteiger partial charge is 0.411 e. The second-order valence-corrected chi connectivity index (χ2v) is 3.85. The van der Waals surface area contributed by atoms with Crippen LogP contribution >= 0.6 is 0 Å². The predicted octanol–water partition coefficient (Wildman–Crippen LogP) is -0.0262. The Balaban J connectivity index is 2.68. The zero-order chi connectivity index (χ0) is 11.5. The molecule has 0 bridgehead atoms. The van der Waals surface area contributed by atoms with Gasteiger partial charge in [0.1, 0.15) is 18.3 Å². The summed E-state index contributed by atoms with van der Waals surface area (Å²) >= 11 is 0. The van der Waals surface area contributed by atoms with Crippen molar-refractivity contribution in [3.05, 3.63) is 0 Å². The zero-order valence-corrected chi connectivity index (χ0v) is 9.08. The minimum Gasteiger partial charge on any atom is -0.411 e. The van der Waals surface area contributed by atoms with Crippen LogP contribution in [0.15, 0.2) is 5.16 Å². The third-order valence-corrected chi connectivity index (χ3v) is 2.09. The van der Waals surface area contributed by atoms with E-state index in [1.807, 2.05) is 0 Å². The van der Waals surface area contributed by atoms with Gasteiger partial charge in [-0.2, -0.15) is 0 Å². The monoisotopic (exact) mass is 219 g/mol. The number of hydrogen-bond acceptors (Lipinski definition) is 6. The van der Waals surface area contributed by atoms with E-state index < -0.39 is 24.1 Å². The first-order chi connectivity index (χ1) is 7.00. The van der Waals surface area contributed by atoms with Gasteiger partial charge in [-0.05, 0) is 13.8 Å². The van der Waals surface area contributed by atoms with Gasteiger partial charge in [-0.15, -0.1) is 0 Å². The van der Waals surface area contributed by atoms with Crippen LogP contribution in [0.5, 0.6) is 0 Å². The molecule has 1 heterocycles. The number of oxime groups is 1. The highest BCUT2D eigenvalue weighted by Crippen LogP contribution is 2.29. The first kappa shape index (κ1) is 12.4. The van der Waals surface area contributed by atoms with Gasteiger partial charge in [0.15, 0.2) is 5.79 Å². The first-order valence-electron chi connectivity index (χ1n) is 4.70. The fourth-order valence-corrected chi connectivity index (χ4v) is 1.56. The minimum absolute atomic E-state index is 0.139. The van der Waals surface area contributed by atoms with Crippen LogP contribution in [-0.2, 0) is 14.2 Å². The number of methoxy groups -OCH3 is 1. The molecule has 1 rings (SSSR count). The van der Waals surface area contributed by atoms with Gasteiger partial charge in [0.05, 0.1) is 12.8 Å². The quantitative estimate of drug-likeness (QED) is 0.394. The summed E-state index contributed by atoms with van der Waals surface area (Å²) in [6, 6.07) is 0. The third-order valence-electron chi connectivity index (χ3n) is 2.09. The smallest absolute Gasteiger partial charge is 0.164 e. The van der Waals surface area contributed by atoms with Gasteiger partial charge < -0.3 is 24.5 Å². The SMILES string of the molecule is COC[C@@H](O)[C@H]1OC(C)(C)O[C@H]1/C=N/O. The number of aliphatic hydroxyl groups is 1. The van der Waals surface area contributed by atoms with E-state index in [-0.39, 0.29) is 6.61 Å². The van der Waals surface area contributed by atoms with Crippen molar-refractivity contribution in [2.24, 2.45) is 5.16 Å². The first-order valence-corrected chi connectivity index (χ1v) is 4.70. The molecule has 6 heteroatoms. The Morgan fingerprint density at radius 2 is 2.20 bits per heavy atom. The molecule has 88 valence electrons. The standard InChI is InChI=1S/C9H17NO5/c1-9(2)14-7(4-10-12)8(15-9)6(11)5-13-3/h4,6-8,11-12H,5H2,1-3H3/b10-4+/t6-,7+,8-/m1/s1. The number of rotatable bonds is 4. The highest BCUT2D eigenvalue weighted by atomic mass is 16.8. The minimum atomic E-state index is -0.820. The Morgan fingerprint density at radius 3 is 2.73 bits per heavy atom. The fourth-order valence-electron chi connectivity index (χ4n) is 1.56. The van der Waals surface area contributed by atoms with E-state index in [0.29, 0.717) is 0 Å². The van der Waals surface area contributed by atoms with Crippen LogP contribution in [0.2, 0.25) is 0 Å². The molecule has 0 amide bonds. The van der Waals surface area contributed by atoms with Crippen molar-refractivity contribution in [1.82, 2.24) is 0 Å². The van der Waals surface area contributed by atoms with E-state index in [0.717, 1.165) is 0 Å². The molecule has 15 heavy (non-hydrogen) atoms. The molecule has 1 aliphatic rings. The molecule has 0 aromatic heterocycles. The molecule has 0 aromatic rings. The molecule has 3 atom stereocenters. The van der Waals surface area contributed by atoms with E-state index in [1.54, 1.807) is 13.8 Å². The van der Waals surface area contributed by atoms with Gasteiger partial charge in [0.2, 0.25) is 0 Å². The summed E-state index contributed by atoms with van der Waals surface area (Å²) in [7, 11) is 1.49. The van der Waals surface area contributed by atoms with Gasteiger partial charge in [0.25, 0.3) is 0 Å². The summed E-state index contributed by atoms with van der Waals surface area (Å²) < 4.78 is 15.7. The van der Waals surface area contributed by atoms with Crippen molar-refractivity contribution < 1.29 is 24.5 Å². The second kappa shape index (κ2) is 4.89. The van der Waals surface area contributed by atoms with Crippen molar-refractivity contribution in [2.45, 2.75) is 37.9 Å². The van der Waals surface area contributed by atoms with Gasteiger partial charge in [0, 0.05) is 7.11 Å². The summed E-state index contributed by atoms with van der Waals surface area (Å²) in [6.07, 6.45) is -0.788. The maximum absolute atomic E-state index is 9.70. The summed E-state index contributed by atoms with van der Waals surface area (Å²) in [4.78, 5) is 0. The van der Waals surface area contributed by atoms with E-state index in [2.05, 4.69) is 5.16 Å². The van der Waals surface area contributed by atoms with E-state index >= 15 is 0 Å². The highest BCUT2D eigenvalue weighted by Gasteiger charge is 2.44. The Labute approximate surface area is 88.4 Å². The Bertz CT molecular complexity index is 231. The van der Waals surface area contributed by atoms with Crippen LogP contribution in [0.3, 0.4) is 0 Å². The summed E-state index contributed by atoms with van der Waals surface area (Å²) in [5, 5.41) is 21.0. The molecular formula is C9H17NO5. The van der Waals surface area contributed by atoms with E-state index in [9.17, 15) is 5.11 Å². The lowest BCUT2D eigenvalue weighted by Crippen LogP contribution is -2.39. The second-order valence-electron chi connectivity index (χ2n) is 3.85. The van der Waals surface area contributed by atoms with Gasteiger partial charge >= 0.3 is 0 Å². The topological polar surface area (TPSA) is 80.5 Å². The van der Waals surface area contributed by atoms with Gasteiger partial charge in [-0.1, -0.05) is 5.16 Å². The molecule has 0 saturated carbocycles. The lowest BCUT2D eigenvalue weighted by atomic mass is 10.1. The lowest BCUT2D eigenvalue weighted by molar-refractivity contribution is -0.156. The molecule has 0 unspecified atom stereocenters.